The van der Waals surface area contributed by atoms with Gasteiger partial charge in [0, 0.05) is 5.56 Å². The van der Waals surface area contributed by atoms with Crippen molar-refractivity contribution in [2.24, 2.45) is 5.92 Å². The molecule has 1 aromatic carbocycles. The normalized spacial score (nSPS) is 14.0. The summed E-state index contributed by atoms with van der Waals surface area (Å²) in [6.07, 6.45) is 0. The number of aliphatic hydroxyl groups excluding tert-OH is 1. The molecule has 0 aliphatic carbocycles. The van der Waals surface area contributed by atoms with E-state index in [1.807, 2.05) is 0 Å². The Morgan fingerprint density at radius 2 is 1.89 bits per heavy atom. The smallest absolute Gasteiger partial charge is 0.252 e. The summed E-state index contributed by atoms with van der Waals surface area (Å²) >= 11 is 0. The van der Waals surface area contributed by atoms with Crippen molar-refractivity contribution in [3.63, 3.8) is 0 Å². The van der Waals surface area contributed by atoms with E-state index in [4.69, 9.17) is 0 Å². The first kappa shape index (κ1) is 14.2. The Kier molecular flexibility index (Phi) is 4.44. The molecule has 0 aromatic heterocycles. The van der Waals surface area contributed by atoms with Crippen LogP contribution in [0.5, 0.6) is 0 Å². The van der Waals surface area contributed by atoms with Gasteiger partial charge in [0.05, 0.1) is 12.6 Å². The largest absolute Gasteiger partial charge is 0.547 e. The third-order valence-electron chi connectivity index (χ3n) is 2.97. The summed E-state index contributed by atoms with van der Waals surface area (Å²) in [5.41, 5.74) is -1.44. The molecular formula is C13H16NO4-. The highest BCUT2D eigenvalue weighted by Crippen LogP contribution is 2.17. The van der Waals surface area contributed by atoms with Crippen LogP contribution in [0.25, 0.3) is 0 Å². The second-order valence-corrected chi connectivity index (χ2v) is 4.39. The van der Waals surface area contributed by atoms with Crippen LogP contribution in [0.1, 0.15) is 24.2 Å². The summed E-state index contributed by atoms with van der Waals surface area (Å²) in [5.74, 6) is -2.55. The van der Waals surface area contributed by atoms with E-state index in [1.165, 1.54) is 0 Å². The number of carbonyl (C=O) groups is 2. The Morgan fingerprint density at radius 3 is 2.28 bits per heavy atom. The van der Waals surface area contributed by atoms with Crippen molar-refractivity contribution in [1.82, 2.24) is 5.32 Å². The Hall–Kier alpha value is -1.88. The summed E-state index contributed by atoms with van der Waals surface area (Å²) in [4.78, 5) is 23.1. The highest BCUT2D eigenvalue weighted by molar-refractivity contribution is 5.97. The van der Waals surface area contributed by atoms with Crippen molar-refractivity contribution in [3.05, 3.63) is 35.9 Å². The average Bonchev–Trinajstić information content (AvgIpc) is 2.36. The van der Waals surface area contributed by atoms with Gasteiger partial charge in [0.25, 0.3) is 5.91 Å². The molecule has 0 unspecified atom stereocenters. The number of nitrogens with one attached hydrogen (secondary N) is 1. The van der Waals surface area contributed by atoms with E-state index in [1.54, 1.807) is 44.2 Å². The van der Waals surface area contributed by atoms with Gasteiger partial charge in [-0.3, -0.25) is 4.79 Å². The Bertz CT molecular complexity index is 430. The molecule has 1 aromatic rings. The fourth-order valence-corrected chi connectivity index (χ4v) is 1.58. The van der Waals surface area contributed by atoms with E-state index in [9.17, 15) is 19.8 Å². The van der Waals surface area contributed by atoms with Gasteiger partial charge in [0.2, 0.25) is 0 Å². The molecule has 0 fully saturated rings. The van der Waals surface area contributed by atoms with Crippen LogP contribution in [0.3, 0.4) is 0 Å². The fraction of sp³-hybridized carbons (Fsp3) is 0.385. The zero-order chi connectivity index (χ0) is 13.8. The molecule has 5 heteroatoms. The Balaban J connectivity index is 2.99. The lowest BCUT2D eigenvalue weighted by molar-refractivity contribution is -0.317. The Labute approximate surface area is 105 Å². The van der Waals surface area contributed by atoms with Gasteiger partial charge in [-0.05, 0) is 18.1 Å². The minimum absolute atomic E-state index is 0.331. The van der Waals surface area contributed by atoms with Crippen molar-refractivity contribution in [1.29, 1.82) is 0 Å². The minimum atomic E-state index is -1.77. The molecule has 1 atom stereocenters. The van der Waals surface area contributed by atoms with Gasteiger partial charge in [-0.15, -0.1) is 0 Å². The number of benzene rings is 1. The topological polar surface area (TPSA) is 89.5 Å². The Morgan fingerprint density at radius 1 is 1.33 bits per heavy atom. The lowest BCUT2D eigenvalue weighted by Crippen LogP contribution is -2.65. The van der Waals surface area contributed by atoms with E-state index in [0.717, 1.165) is 0 Å². The van der Waals surface area contributed by atoms with Crippen LogP contribution in [0.2, 0.25) is 0 Å². The molecule has 0 heterocycles. The molecule has 1 rings (SSSR count). The van der Waals surface area contributed by atoms with Crippen LogP contribution >= 0.6 is 0 Å². The molecule has 0 radical (unpaired) electrons. The number of amides is 1. The van der Waals surface area contributed by atoms with Gasteiger partial charge in [-0.1, -0.05) is 32.0 Å². The third-order valence-corrected chi connectivity index (χ3v) is 2.97. The number of carboxylic acids is 1. The summed E-state index contributed by atoms with van der Waals surface area (Å²) in [5, 5.41) is 22.8. The molecular weight excluding hydrogens is 234 g/mol. The molecule has 2 N–H and O–H groups in total. The molecule has 5 nitrogen and oxygen atoms in total. The lowest BCUT2D eigenvalue weighted by Gasteiger charge is -2.37. The molecule has 0 aliphatic rings. The highest BCUT2D eigenvalue weighted by Gasteiger charge is 2.36. The maximum absolute atomic E-state index is 11.9. The molecule has 0 bridgehead atoms. The number of carbonyl (C=O) groups excluding carboxylic acids is 2. The summed E-state index contributed by atoms with van der Waals surface area (Å²) in [6.45, 7) is 2.47. The number of hydrogen-bond acceptors (Lipinski definition) is 4. The van der Waals surface area contributed by atoms with Crippen LogP contribution in [0.4, 0.5) is 0 Å². The van der Waals surface area contributed by atoms with E-state index in [0.29, 0.717) is 5.56 Å². The summed E-state index contributed by atoms with van der Waals surface area (Å²) in [7, 11) is 0. The lowest BCUT2D eigenvalue weighted by atomic mass is 9.87. The quantitative estimate of drug-likeness (QED) is 0.741. The first-order chi connectivity index (χ1) is 8.44. The van der Waals surface area contributed by atoms with E-state index >= 15 is 0 Å². The number of aliphatic hydroxyl groups is 1. The second-order valence-electron chi connectivity index (χ2n) is 4.39. The average molecular weight is 250 g/mol. The molecule has 0 saturated carbocycles. The van der Waals surface area contributed by atoms with Crippen molar-refractivity contribution in [3.8, 4) is 0 Å². The van der Waals surface area contributed by atoms with Gasteiger partial charge in [-0.2, -0.15) is 0 Å². The molecule has 0 aliphatic heterocycles. The van der Waals surface area contributed by atoms with Gasteiger partial charge >= 0.3 is 0 Å². The second kappa shape index (κ2) is 5.64. The van der Waals surface area contributed by atoms with Crippen molar-refractivity contribution in [2.75, 3.05) is 6.61 Å². The summed E-state index contributed by atoms with van der Waals surface area (Å²) in [6, 6.07) is 8.21. The SMILES string of the molecule is CC(C)[C@@](CO)(NC(=O)c1ccccc1)C(=O)[O-]. The molecule has 1 amide bonds. The molecule has 18 heavy (non-hydrogen) atoms. The zero-order valence-corrected chi connectivity index (χ0v) is 10.3. The molecule has 0 saturated heterocycles. The van der Waals surface area contributed by atoms with Crippen LogP contribution in [-0.4, -0.2) is 29.1 Å². The fourth-order valence-electron chi connectivity index (χ4n) is 1.58. The predicted molar refractivity (Wildman–Crippen MR) is 63.6 cm³/mol. The van der Waals surface area contributed by atoms with Gasteiger partial charge in [0.1, 0.15) is 5.54 Å². The number of aliphatic carboxylic acids is 1. The number of carboxylic acid groups (broad SMARTS) is 1. The van der Waals surface area contributed by atoms with Gasteiger partial charge in [0.15, 0.2) is 0 Å². The van der Waals surface area contributed by atoms with E-state index in [-0.39, 0.29) is 0 Å². The summed E-state index contributed by atoms with van der Waals surface area (Å²) < 4.78 is 0. The van der Waals surface area contributed by atoms with Crippen LogP contribution < -0.4 is 10.4 Å². The number of rotatable bonds is 5. The minimum Gasteiger partial charge on any atom is -0.547 e. The maximum Gasteiger partial charge on any atom is 0.252 e. The van der Waals surface area contributed by atoms with Crippen LogP contribution in [0, 0.1) is 5.92 Å². The number of hydrogen-bond donors (Lipinski definition) is 2. The van der Waals surface area contributed by atoms with Crippen LogP contribution in [0.15, 0.2) is 30.3 Å². The first-order valence-corrected chi connectivity index (χ1v) is 5.64. The van der Waals surface area contributed by atoms with Gasteiger partial charge in [-0.25, -0.2) is 0 Å². The van der Waals surface area contributed by atoms with Crippen molar-refractivity contribution < 1.29 is 19.8 Å². The van der Waals surface area contributed by atoms with Crippen molar-refractivity contribution >= 4 is 11.9 Å². The zero-order valence-electron chi connectivity index (χ0n) is 10.3. The maximum atomic E-state index is 11.9. The first-order valence-electron chi connectivity index (χ1n) is 5.64. The predicted octanol–water partition coefficient (Wildman–Crippen LogP) is -0.447. The van der Waals surface area contributed by atoms with Crippen LogP contribution in [-0.2, 0) is 4.79 Å². The monoisotopic (exact) mass is 250 g/mol. The van der Waals surface area contributed by atoms with E-state index < -0.39 is 29.9 Å². The molecule has 0 spiro atoms. The standard InChI is InChI=1S/C13H17NO4/c1-9(2)13(8-15,12(17)18)14-11(16)10-6-4-3-5-7-10/h3-7,9,15H,8H2,1-2H3,(H,14,16)(H,17,18)/p-1/t13-/m1/s1. The molecule has 98 valence electrons. The van der Waals surface area contributed by atoms with Gasteiger partial charge < -0.3 is 20.3 Å². The highest BCUT2D eigenvalue weighted by atomic mass is 16.4. The van der Waals surface area contributed by atoms with Crippen molar-refractivity contribution in [2.45, 2.75) is 19.4 Å². The van der Waals surface area contributed by atoms with E-state index in [2.05, 4.69) is 5.32 Å². The third kappa shape index (κ3) is 2.68.